The summed E-state index contributed by atoms with van der Waals surface area (Å²) in [6.45, 7) is 11.8. The summed E-state index contributed by atoms with van der Waals surface area (Å²) in [5.74, 6) is 0.920. The van der Waals surface area contributed by atoms with Crippen molar-refractivity contribution < 1.29 is 4.74 Å². The number of aryl methyl sites for hydroxylation is 2. The van der Waals surface area contributed by atoms with Crippen LogP contribution < -0.4 is 4.74 Å². The molecule has 82 valence electrons. The zero-order chi connectivity index (χ0) is 11.0. The number of rotatable bonds is 0. The molecule has 0 saturated carbocycles. The molecule has 0 unspecified atom stereocenters. The summed E-state index contributed by atoms with van der Waals surface area (Å²) in [6.07, 6.45) is 1.08. The Balaban J connectivity index is 0.000000379. The lowest BCUT2D eigenvalue weighted by Crippen LogP contribution is -2.14. The van der Waals surface area contributed by atoms with Crippen LogP contribution >= 0.6 is 0 Å². The lowest BCUT2D eigenvalue weighted by Gasteiger charge is -2.13. The predicted molar refractivity (Wildman–Crippen MR) is 59.8 cm³/mol. The fraction of sp³-hybridized carbons (Fsp3) is 0.727. The molecule has 1 aromatic heterocycles. The smallest absolute Gasteiger partial charge is 0.211 e. The standard InChI is InChI=1S/C7H10N2O.2C2H6/c1-6-5-7-9(8-6)3-2-4-10-7;2*1-2/h5H,2-4H2,1H3;2*1-2H3. The molecule has 0 fully saturated rings. The van der Waals surface area contributed by atoms with E-state index >= 15 is 0 Å². The van der Waals surface area contributed by atoms with Crippen molar-refractivity contribution in [2.24, 2.45) is 0 Å². The van der Waals surface area contributed by atoms with Crippen molar-refractivity contribution in [3.8, 4) is 5.88 Å². The van der Waals surface area contributed by atoms with Crippen LogP contribution in [0.2, 0.25) is 0 Å². The average molecular weight is 198 g/mol. The van der Waals surface area contributed by atoms with Crippen LogP contribution in [0.15, 0.2) is 6.07 Å². The third-order valence-electron chi connectivity index (χ3n) is 1.63. The van der Waals surface area contributed by atoms with Crippen molar-refractivity contribution in [3.05, 3.63) is 11.8 Å². The van der Waals surface area contributed by atoms with Crippen LogP contribution in [0.3, 0.4) is 0 Å². The molecular formula is C11H22N2O. The number of hydrogen-bond donors (Lipinski definition) is 0. The number of aromatic nitrogens is 2. The van der Waals surface area contributed by atoms with Crippen LogP contribution in [0.25, 0.3) is 0 Å². The first-order valence-electron chi connectivity index (χ1n) is 5.53. The number of fused-ring (bicyclic) bond motifs is 1. The van der Waals surface area contributed by atoms with Gasteiger partial charge in [-0.25, -0.2) is 4.68 Å². The van der Waals surface area contributed by atoms with Gasteiger partial charge < -0.3 is 4.74 Å². The van der Waals surface area contributed by atoms with Crippen LogP contribution in [0.4, 0.5) is 0 Å². The normalized spacial score (nSPS) is 12.4. The van der Waals surface area contributed by atoms with E-state index in [9.17, 15) is 0 Å². The molecule has 2 rings (SSSR count). The highest BCUT2D eigenvalue weighted by molar-refractivity contribution is 5.15. The van der Waals surface area contributed by atoms with Crippen molar-refractivity contribution in [2.75, 3.05) is 6.61 Å². The summed E-state index contributed by atoms with van der Waals surface area (Å²) in [4.78, 5) is 0. The van der Waals surface area contributed by atoms with Crippen LogP contribution in [-0.2, 0) is 6.54 Å². The maximum absolute atomic E-state index is 5.34. The summed E-state index contributed by atoms with van der Waals surface area (Å²) in [7, 11) is 0. The second kappa shape index (κ2) is 7.42. The van der Waals surface area contributed by atoms with Crippen molar-refractivity contribution in [1.29, 1.82) is 0 Å². The van der Waals surface area contributed by atoms with Crippen molar-refractivity contribution in [1.82, 2.24) is 9.78 Å². The van der Waals surface area contributed by atoms with E-state index in [0.29, 0.717) is 0 Å². The van der Waals surface area contributed by atoms with Gasteiger partial charge in [-0.3, -0.25) is 0 Å². The Kier molecular flexibility index (Phi) is 6.89. The maximum Gasteiger partial charge on any atom is 0.211 e. The molecule has 1 aliphatic heterocycles. The molecule has 0 bridgehead atoms. The summed E-state index contributed by atoms with van der Waals surface area (Å²) in [5.41, 5.74) is 1.04. The van der Waals surface area contributed by atoms with E-state index < -0.39 is 0 Å². The number of hydrogen-bond acceptors (Lipinski definition) is 2. The van der Waals surface area contributed by atoms with Gasteiger partial charge in [0.2, 0.25) is 5.88 Å². The first-order valence-corrected chi connectivity index (χ1v) is 5.53. The van der Waals surface area contributed by atoms with Crippen LogP contribution in [0, 0.1) is 6.92 Å². The summed E-state index contributed by atoms with van der Waals surface area (Å²) in [6, 6.07) is 1.97. The molecule has 0 N–H and O–H groups in total. The second-order valence-electron chi connectivity index (χ2n) is 2.55. The number of ether oxygens (including phenoxy) is 1. The van der Waals surface area contributed by atoms with Gasteiger partial charge in [-0.05, 0) is 6.92 Å². The highest BCUT2D eigenvalue weighted by Crippen LogP contribution is 2.17. The first-order chi connectivity index (χ1) is 6.86. The number of nitrogens with zero attached hydrogens (tertiary/aromatic N) is 2. The molecule has 1 aromatic rings. The monoisotopic (exact) mass is 198 g/mol. The molecule has 0 amide bonds. The molecule has 3 nitrogen and oxygen atoms in total. The minimum absolute atomic E-state index is 0.838. The zero-order valence-electron chi connectivity index (χ0n) is 10.0. The zero-order valence-corrected chi connectivity index (χ0v) is 10.0. The van der Waals surface area contributed by atoms with Crippen molar-refractivity contribution >= 4 is 0 Å². The lowest BCUT2D eigenvalue weighted by atomic mass is 10.4. The molecule has 0 spiro atoms. The highest BCUT2D eigenvalue weighted by atomic mass is 16.5. The van der Waals surface area contributed by atoms with Crippen LogP contribution in [0.1, 0.15) is 39.8 Å². The van der Waals surface area contributed by atoms with E-state index in [2.05, 4.69) is 5.10 Å². The quantitative estimate of drug-likeness (QED) is 0.640. The molecule has 0 saturated heterocycles. The maximum atomic E-state index is 5.34. The third kappa shape index (κ3) is 3.40. The van der Waals surface area contributed by atoms with Gasteiger partial charge in [-0.1, -0.05) is 27.7 Å². The third-order valence-corrected chi connectivity index (χ3v) is 1.63. The van der Waals surface area contributed by atoms with Crippen LogP contribution in [-0.4, -0.2) is 16.4 Å². The minimum Gasteiger partial charge on any atom is -0.478 e. The molecule has 1 aliphatic rings. The van der Waals surface area contributed by atoms with E-state index in [0.717, 1.165) is 31.1 Å². The summed E-state index contributed by atoms with van der Waals surface area (Å²) >= 11 is 0. The molecule has 0 atom stereocenters. The van der Waals surface area contributed by atoms with E-state index in [1.54, 1.807) is 0 Å². The fourth-order valence-corrected chi connectivity index (χ4v) is 1.19. The SMILES string of the molecule is CC.CC.Cc1cc2n(n1)CCCO2. The fourth-order valence-electron chi connectivity index (χ4n) is 1.19. The van der Waals surface area contributed by atoms with Crippen LogP contribution in [0.5, 0.6) is 5.88 Å². The van der Waals surface area contributed by atoms with Gasteiger partial charge in [0, 0.05) is 19.0 Å². The molecule has 0 radical (unpaired) electrons. The van der Waals surface area contributed by atoms with Gasteiger partial charge in [-0.15, -0.1) is 0 Å². The molecule has 0 aromatic carbocycles. The van der Waals surface area contributed by atoms with E-state index in [4.69, 9.17) is 4.74 Å². The Hall–Kier alpha value is -0.990. The van der Waals surface area contributed by atoms with E-state index in [-0.39, 0.29) is 0 Å². The molecule has 3 heteroatoms. The van der Waals surface area contributed by atoms with E-state index in [1.807, 2.05) is 45.4 Å². The van der Waals surface area contributed by atoms with Gasteiger partial charge in [0.25, 0.3) is 0 Å². The van der Waals surface area contributed by atoms with Gasteiger partial charge in [0.15, 0.2) is 0 Å². The Labute approximate surface area is 87.1 Å². The largest absolute Gasteiger partial charge is 0.478 e. The molecule has 0 aliphatic carbocycles. The summed E-state index contributed by atoms with van der Waals surface area (Å²) in [5, 5.41) is 4.24. The van der Waals surface area contributed by atoms with Gasteiger partial charge in [-0.2, -0.15) is 5.10 Å². The Morgan fingerprint density at radius 1 is 1.29 bits per heavy atom. The molecular weight excluding hydrogens is 176 g/mol. The topological polar surface area (TPSA) is 27.1 Å². The predicted octanol–water partition coefficient (Wildman–Crippen LogP) is 3.03. The first kappa shape index (κ1) is 13.0. The minimum atomic E-state index is 0.838. The Morgan fingerprint density at radius 2 is 1.93 bits per heavy atom. The Bertz CT molecular complexity index is 220. The van der Waals surface area contributed by atoms with Gasteiger partial charge in [0.05, 0.1) is 12.3 Å². The highest BCUT2D eigenvalue weighted by Gasteiger charge is 2.10. The second-order valence-corrected chi connectivity index (χ2v) is 2.55. The summed E-state index contributed by atoms with van der Waals surface area (Å²) < 4.78 is 7.26. The van der Waals surface area contributed by atoms with Crippen molar-refractivity contribution in [3.63, 3.8) is 0 Å². The average Bonchev–Trinajstić information content (AvgIpc) is 2.64. The Morgan fingerprint density at radius 3 is 2.50 bits per heavy atom. The molecule has 2 heterocycles. The lowest BCUT2D eigenvalue weighted by molar-refractivity contribution is 0.230. The van der Waals surface area contributed by atoms with Gasteiger partial charge in [0.1, 0.15) is 0 Å². The van der Waals surface area contributed by atoms with Gasteiger partial charge >= 0.3 is 0 Å². The molecule has 14 heavy (non-hydrogen) atoms. The van der Waals surface area contributed by atoms with E-state index in [1.165, 1.54) is 0 Å². The van der Waals surface area contributed by atoms with Crippen molar-refractivity contribution in [2.45, 2.75) is 47.6 Å².